The zero-order valence-electron chi connectivity index (χ0n) is 11.8. The van der Waals surface area contributed by atoms with E-state index in [4.69, 9.17) is 11.6 Å². The van der Waals surface area contributed by atoms with E-state index in [9.17, 15) is 0 Å². The first kappa shape index (κ1) is 13.7. The first-order valence-electron chi connectivity index (χ1n) is 6.76. The predicted octanol–water partition coefficient (Wildman–Crippen LogP) is 4.13. The van der Waals surface area contributed by atoms with Gasteiger partial charge in [-0.25, -0.2) is 4.98 Å². The third kappa shape index (κ3) is 2.76. The monoisotopic (exact) mass is 295 g/mol. The smallest absolute Gasteiger partial charge is 0.225 e. The van der Waals surface area contributed by atoms with Crippen molar-refractivity contribution in [3.05, 3.63) is 58.6 Å². The van der Waals surface area contributed by atoms with E-state index in [-0.39, 0.29) is 5.28 Å². The lowest BCUT2D eigenvalue weighted by Crippen LogP contribution is -1.93. The van der Waals surface area contributed by atoms with Gasteiger partial charge in [-0.1, -0.05) is 38.0 Å². The Morgan fingerprint density at radius 1 is 1.10 bits per heavy atom. The number of H-pyrrole nitrogens is 1. The molecule has 104 valence electrons. The normalized spacial score (nSPS) is 10.7. The molecule has 0 radical (unpaired) electrons. The Labute approximate surface area is 128 Å². The first-order chi connectivity index (χ1) is 10.1. The highest BCUT2D eigenvalue weighted by molar-refractivity contribution is 6.28. The van der Waals surface area contributed by atoms with Crippen LogP contribution < -0.4 is 0 Å². The maximum absolute atomic E-state index is 5.93. The number of aromatic amines is 1. The second kappa shape index (κ2) is 5.59. The molecule has 0 unspecified atom stereocenters. The van der Waals surface area contributed by atoms with E-state index in [1.165, 1.54) is 5.56 Å². The number of hydrogen-bond donors (Lipinski definition) is 1. The van der Waals surface area contributed by atoms with E-state index in [0.29, 0.717) is 17.3 Å². The molecule has 0 aliphatic heterocycles. The van der Waals surface area contributed by atoms with Crippen molar-refractivity contribution >= 4 is 22.6 Å². The molecule has 0 saturated carbocycles. The van der Waals surface area contributed by atoms with Crippen LogP contribution in [0.3, 0.4) is 0 Å². The lowest BCUT2D eigenvalue weighted by molar-refractivity contribution is 0.863. The van der Waals surface area contributed by atoms with Gasteiger partial charge >= 0.3 is 0 Å². The molecule has 0 atom stereocenters. The standard InChI is InChI=1S/C17H14ClN3/c1-11(2)13-6-4-3-5-12(13)7-8-15-14-9-10-19-16(14)21-17(18)20-15/h3-6,9-11H,1-2H3,(H,19,20,21). The Hall–Kier alpha value is -2.31. The van der Waals surface area contributed by atoms with Gasteiger partial charge in [-0.2, -0.15) is 4.98 Å². The molecule has 0 saturated heterocycles. The van der Waals surface area contributed by atoms with Gasteiger partial charge in [0, 0.05) is 11.8 Å². The molecule has 1 aromatic carbocycles. The molecule has 3 nitrogen and oxygen atoms in total. The fourth-order valence-electron chi connectivity index (χ4n) is 2.25. The topological polar surface area (TPSA) is 41.6 Å². The van der Waals surface area contributed by atoms with Crippen LogP contribution in [0.1, 0.15) is 36.6 Å². The zero-order valence-corrected chi connectivity index (χ0v) is 12.6. The number of halogens is 1. The Kier molecular flexibility index (Phi) is 3.64. The molecule has 0 amide bonds. The van der Waals surface area contributed by atoms with Gasteiger partial charge in [0.25, 0.3) is 0 Å². The van der Waals surface area contributed by atoms with Gasteiger partial charge in [-0.15, -0.1) is 0 Å². The molecular formula is C17H14ClN3. The van der Waals surface area contributed by atoms with Gasteiger partial charge in [-0.3, -0.25) is 0 Å². The van der Waals surface area contributed by atoms with Crippen LogP contribution in [-0.4, -0.2) is 15.0 Å². The molecular weight excluding hydrogens is 282 g/mol. The summed E-state index contributed by atoms with van der Waals surface area (Å²) >= 11 is 5.93. The van der Waals surface area contributed by atoms with Crippen LogP contribution in [0.4, 0.5) is 0 Å². The van der Waals surface area contributed by atoms with E-state index in [1.54, 1.807) is 0 Å². The van der Waals surface area contributed by atoms with Crippen LogP contribution in [0.15, 0.2) is 36.5 Å². The van der Waals surface area contributed by atoms with Gasteiger partial charge in [0.2, 0.25) is 5.28 Å². The molecule has 0 fully saturated rings. The average molecular weight is 296 g/mol. The first-order valence-corrected chi connectivity index (χ1v) is 7.14. The second-order valence-electron chi connectivity index (χ2n) is 5.07. The number of hydrogen-bond acceptors (Lipinski definition) is 2. The van der Waals surface area contributed by atoms with Crippen LogP contribution in [0.2, 0.25) is 5.28 Å². The van der Waals surface area contributed by atoms with Crippen molar-refractivity contribution < 1.29 is 0 Å². The Balaban J connectivity index is 2.10. The van der Waals surface area contributed by atoms with Crippen LogP contribution in [0, 0.1) is 11.8 Å². The van der Waals surface area contributed by atoms with Gasteiger partial charge in [0.1, 0.15) is 11.3 Å². The summed E-state index contributed by atoms with van der Waals surface area (Å²) in [6, 6.07) is 10.1. The minimum atomic E-state index is 0.200. The number of aromatic nitrogens is 3. The van der Waals surface area contributed by atoms with Gasteiger partial charge < -0.3 is 4.98 Å². The van der Waals surface area contributed by atoms with Crippen LogP contribution in [-0.2, 0) is 0 Å². The highest BCUT2D eigenvalue weighted by Crippen LogP contribution is 2.19. The average Bonchev–Trinajstić information content (AvgIpc) is 2.93. The highest BCUT2D eigenvalue weighted by Gasteiger charge is 2.06. The number of rotatable bonds is 1. The molecule has 3 aromatic rings. The number of nitrogens with zero attached hydrogens (tertiary/aromatic N) is 2. The van der Waals surface area contributed by atoms with Crippen molar-refractivity contribution in [1.29, 1.82) is 0 Å². The third-order valence-corrected chi connectivity index (χ3v) is 3.46. The third-order valence-electron chi connectivity index (χ3n) is 3.29. The van der Waals surface area contributed by atoms with Crippen molar-refractivity contribution in [2.24, 2.45) is 0 Å². The van der Waals surface area contributed by atoms with Crippen molar-refractivity contribution in [3.8, 4) is 11.8 Å². The summed E-state index contributed by atoms with van der Waals surface area (Å²) in [5.74, 6) is 6.76. The summed E-state index contributed by atoms with van der Waals surface area (Å²) in [4.78, 5) is 11.4. The molecule has 4 heteroatoms. The predicted molar refractivity (Wildman–Crippen MR) is 85.4 cm³/mol. The van der Waals surface area contributed by atoms with E-state index in [1.807, 2.05) is 30.5 Å². The summed E-state index contributed by atoms with van der Waals surface area (Å²) in [5.41, 5.74) is 3.60. The molecule has 0 spiro atoms. The Morgan fingerprint density at radius 3 is 2.71 bits per heavy atom. The van der Waals surface area contributed by atoms with Gasteiger partial charge in [-0.05, 0) is 41.1 Å². The van der Waals surface area contributed by atoms with Crippen molar-refractivity contribution in [3.63, 3.8) is 0 Å². The highest BCUT2D eigenvalue weighted by atomic mass is 35.5. The lowest BCUT2D eigenvalue weighted by Gasteiger charge is -2.07. The van der Waals surface area contributed by atoms with Crippen molar-refractivity contribution in [2.45, 2.75) is 19.8 Å². The largest absolute Gasteiger partial charge is 0.346 e. The van der Waals surface area contributed by atoms with Crippen molar-refractivity contribution in [2.75, 3.05) is 0 Å². The zero-order chi connectivity index (χ0) is 14.8. The van der Waals surface area contributed by atoms with Crippen LogP contribution in [0.25, 0.3) is 11.0 Å². The minimum Gasteiger partial charge on any atom is -0.346 e. The SMILES string of the molecule is CC(C)c1ccccc1C#Cc1nc(Cl)nc2[nH]ccc12. The number of nitrogens with one attached hydrogen (secondary N) is 1. The maximum Gasteiger partial charge on any atom is 0.225 e. The second-order valence-corrected chi connectivity index (χ2v) is 5.41. The molecule has 1 N–H and O–H groups in total. The quantitative estimate of drug-likeness (QED) is 0.541. The fourth-order valence-corrected chi connectivity index (χ4v) is 2.42. The number of benzene rings is 1. The molecule has 3 rings (SSSR count). The summed E-state index contributed by atoms with van der Waals surface area (Å²) < 4.78 is 0. The number of fused-ring (bicyclic) bond motifs is 1. The van der Waals surface area contributed by atoms with E-state index < -0.39 is 0 Å². The summed E-state index contributed by atoms with van der Waals surface area (Å²) in [5, 5.41) is 1.08. The Morgan fingerprint density at radius 2 is 1.90 bits per heavy atom. The van der Waals surface area contributed by atoms with E-state index in [2.05, 4.69) is 46.7 Å². The summed E-state index contributed by atoms with van der Waals surface area (Å²) in [7, 11) is 0. The maximum atomic E-state index is 5.93. The molecule has 2 heterocycles. The molecule has 21 heavy (non-hydrogen) atoms. The van der Waals surface area contributed by atoms with Crippen LogP contribution in [0.5, 0.6) is 0 Å². The summed E-state index contributed by atoms with van der Waals surface area (Å²) in [6.45, 7) is 4.32. The van der Waals surface area contributed by atoms with Gasteiger partial charge in [0.15, 0.2) is 0 Å². The minimum absolute atomic E-state index is 0.200. The Bertz CT molecular complexity index is 853. The van der Waals surface area contributed by atoms with Crippen molar-refractivity contribution in [1.82, 2.24) is 15.0 Å². The molecule has 0 bridgehead atoms. The van der Waals surface area contributed by atoms with E-state index in [0.717, 1.165) is 10.9 Å². The summed E-state index contributed by atoms with van der Waals surface area (Å²) in [6.07, 6.45) is 1.81. The van der Waals surface area contributed by atoms with E-state index >= 15 is 0 Å². The molecule has 2 aromatic heterocycles. The van der Waals surface area contributed by atoms with Gasteiger partial charge in [0.05, 0.1) is 5.39 Å². The molecule has 0 aliphatic rings. The van der Waals surface area contributed by atoms with Crippen LogP contribution >= 0.6 is 11.6 Å². The molecule has 0 aliphatic carbocycles. The fraction of sp³-hybridized carbons (Fsp3) is 0.176. The lowest BCUT2D eigenvalue weighted by atomic mass is 9.97.